The number of sulfonamides is 1. The molecule has 3 rings (SSSR count). The maximum absolute atomic E-state index is 13.5. The average Bonchev–Trinajstić information content (AvgIpc) is 2.88. The Morgan fingerprint density at radius 3 is 2.21 bits per heavy atom. The zero-order chi connectivity index (χ0) is 29.0. The molecule has 39 heavy (non-hydrogen) atoms. The van der Waals surface area contributed by atoms with Gasteiger partial charge in [-0.25, -0.2) is 8.42 Å². The van der Waals surface area contributed by atoms with Gasteiger partial charge in [0.05, 0.1) is 23.6 Å². The fourth-order valence-corrected chi connectivity index (χ4v) is 6.90. The number of rotatable bonds is 10. The van der Waals surface area contributed by atoms with Crippen LogP contribution in [0.15, 0.2) is 53.4 Å². The zero-order valence-corrected chi connectivity index (χ0v) is 23.8. The summed E-state index contributed by atoms with van der Waals surface area (Å²) in [4.78, 5) is 14.8. The number of hydrogen-bond donors (Lipinski definition) is 1. The maximum Gasteiger partial charge on any atom is 0.416 e. The molecule has 1 unspecified atom stereocenters. The second kappa shape index (κ2) is 12.7. The van der Waals surface area contributed by atoms with Crippen LogP contribution < -0.4 is 10.1 Å². The van der Waals surface area contributed by atoms with E-state index < -0.39 is 39.9 Å². The first-order chi connectivity index (χ1) is 18.3. The van der Waals surface area contributed by atoms with Crippen LogP contribution in [0, 0.1) is 5.92 Å². The van der Waals surface area contributed by atoms with Crippen LogP contribution in [0.1, 0.15) is 51.7 Å². The van der Waals surface area contributed by atoms with Crippen molar-refractivity contribution in [3.63, 3.8) is 0 Å². The van der Waals surface area contributed by atoms with Crippen molar-refractivity contribution in [3.05, 3.63) is 59.7 Å². The lowest BCUT2D eigenvalue weighted by Crippen LogP contribution is -2.55. The van der Waals surface area contributed by atoms with Crippen LogP contribution in [-0.2, 0) is 27.5 Å². The molecule has 2 aromatic carbocycles. The minimum Gasteiger partial charge on any atom is -0.497 e. The summed E-state index contributed by atoms with van der Waals surface area (Å²) in [6.45, 7) is 8.58. The van der Waals surface area contributed by atoms with Crippen LogP contribution in [0.5, 0.6) is 5.75 Å². The Kier molecular flexibility index (Phi) is 10.1. The molecule has 11 heteroatoms. The average molecular weight is 570 g/mol. The molecule has 1 heterocycles. The molecular weight excluding hydrogens is 531 g/mol. The molecule has 1 N–H and O–H groups in total. The van der Waals surface area contributed by atoms with Gasteiger partial charge in [0.2, 0.25) is 15.9 Å². The second-order valence-corrected chi connectivity index (χ2v) is 12.3. The fraction of sp³-hybridized carbons (Fsp3) is 0.536. The van der Waals surface area contributed by atoms with Crippen molar-refractivity contribution in [2.24, 2.45) is 5.92 Å². The number of piperidine rings is 1. The molecule has 0 radical (unpaired) electrons. The van der Waals surface area contributed by atoms with Gasteiger partial charge in [-0.2, -0.15) is 17.5 Å². The van der Waals surface area contributed by atoms with E-state index >= 15 is 0 Å². The van der Waals surface area contributed by atoms with E-state index in [2.05, 4.69) is 5.32 Å². The number of carbonyl (C=O) groups is 1. The van der Waals surface area contributed by atoms with Gasteiger partial charge in [0, 0.05) is 31.7 Å². The van der Waals surface area contributed by atoms with Crippen LogP contribution in [0.3, 0.4) is 0 Å². The highest BCUT2D eigenvalue weighted by atomic mass is 32.2. The summed E-state index contributed by atoms with van der Waals surface area (Å²) in [5, 5.41) is 3.36. The number of hydrogen-bond acceptors (Lipinski definition) is 5. The van der Waals surface area contributed by atoms with E-state index in [1.54, 1.807) is 25.9 Å². The molecule has 1 aliphatic rings. The molecule has 216 valence electrons. The largest absolute Gasteiger partial charge is 0.497 e. The monoisotopic (exact) mass is 569 g/mol. The van der Waals surface area contributed by atoms with Crippen molar-refractivity contribution in [1.82, 2.24) is 14.5 Å². The van der Waals surface area contributed by atoms with Gasteiger partial charge >= 0.3 is 6.18 Å². The molecule has 1 aliphatic heterocycles. The number of nitrogens with zero attached hydrogens (tertiary/aromatic N) is 2. The molecule has 2 aromatic rings. The summed E-state index contributed by atoms with van der Waals surface area (Å²) >= 11 is 0. The fourth-order valence-electron chi connectivity index (χ4n) is 4.97. The first kappa shape index (κ1) is 30.9. The SMILES string of the molecule is COc1ccc(CNC(C(=O)N2CCC(N(C(C)C)S(=O)(=O)c3cccc(C(F)(F)F)c3)CC2)C(C)C)cc1. The summed E-state index contributed by atoms with van der Waals surface area (Å²) < 4.78 is 73.2. The van der Waals surface area contributed by atoms with Gasteiger partial charge in [-0.1, -0.05) is 32.0 Å². The quantitative estimate of drug-likeness (QED) is 0.440. The van der Waals surface area contributed by atoms with Crippen molar-refractivity contribution in [1.29, 1.82) is 0 Å². The molecule has 7 nitrogen and oxygen atoms in total. The van der Waals surface area contributed by atoms with Gasteiger partial charge in [-0.15, -0.1) is 0 Å². The molecule has 1 fully saturated rings. The van der Waals surface area contributed by atoms with E-state index in [4.69, 9.17) is 4.74 Å². The van der Waals surface area contributed by atoms with Crippen LogP contribution in [-0.4, -0.2) is 61.9 Å². The minimum atomic E-state index is -4.64. The van der Waals surface area contributed by atoms with E-state index in [-0.39, 0.29) is 16.7 Å². The van der Waals surface area contributed by atoms with E-state index in [1.165, 1.54) is 10.4 Å². The standard InChI is InChI=1S/C28H38F3N3O4S/c1-19(2)26(32-18-21-9-11-24(38-5)12-10-21)27(35)33-15-13-23(14-16-33)34(20(3)4)39(36,37)25-8-6-7-22(17-25)28(29,30)31/h6-12,17,19-20,23,26,32H,13-16,18H2,1-5H3. The third-order valence-corrected chi connectivity index (χ3v) is 9.12. The smallest absolute Gasteiger partial charge is 0.416 e. The molecule has 1 atom stereocenters. The summed E-state index contributed by atoms with van der Waals surface area (Å²) in [6, 6.07) is 10.1. The Balaban J connectivity index is 1.69. The normalized spacial score (nSPS) is 16.2. The first-order valence-electron chi connectivity index (χ1n) is 13.1. The van der Waals surface area contributed by atoms with Crippen molar-refractivity contribution in [3.8, 4) is 5.75 Å². The molecule has 0 saturated carbocycles. The highest BCUT2D eigenvalue weighted by Crippen LogP contribution is 2.33. The first-order valence-corrected chi connectivity index (χ1v) is 14.6. The van der Waals surface area contributed by atoms with Crippen molar-refractivity contribution >= 4 is 15.9 Å². The number of alkyl halides is 3. The van der Waals surface area contributed by atoms with Crippen molar-refractivity contribution < 1.29 is 31.1 Å². The Labute approximate surface area is 229 Å². The number of methoxy groups -OCH3 is 1. The van der Waals surface area contributed by atoms with E-state index in [1.807, 2.05) is 38.1 Å². The lowest BCUT2D eigenvalue weighted by atomic mass is 9.99. The molecule has 0 aliphatic carbocycles. The van der Waals surface area contributed by atoms with Crippen molar-refractivity contribution in [2.75, 3.05) is 20.2 Å². The summed E-state index contributed by atoms with van der Waals surface area (Å²) in [5.74, 6) is 0.735. The Hall–Kier alpha value is -2.63. The number of benzene rings is 2. The van der Waals surface area contributed by atoms with Crippen LogP contribution >= 0.6 is 0 Å². The Morgan fingerprint density at radius 2 is 1.69 bits per heavy atom. The summed E-state index contributed by atoms with van der Waals surface area (Å²) in [5.41, 5.74) is 0.00916. The number of carbonyl (C=O) groups excluding carboxylic acids is 1. The van der Waals surface area contributed by atoms with E-state index in [9.17, 15) is 26.4 Å². The molecule has 1 amide bonds. The van der Waals surface area contributed by atoms with Crippen LogP contribution in [0.25, 0.3) is 0 Å². The number of ether oxygens (including phenoxy) is 1. The Bertz CT molecular complexity index is 1210. The van der Waals surface area contributed by atoms with Crippen molar-refractivity contribution in [2.45, 2.75) is 76.3 Å². The zero-order valence-electron chi connectivity index (χ0n) is 23.0. The summed E-state index contributed by atoms with van der Waals surface area (Å²) in [6.07, 6.45) is -3.86. The van der Waals surface area contributed by atoms with Gasteiger partial charge in [0.25, 0.3) is 0 Å². The highest BCUT2D eigenvalue weighted by molar-refractivity contribution is 7.89. The van der Waals surface area contributed by atoms with Gasteiger partial charge in [-0.3, -0.25) is 4.79 Å². The molecular formula is C28H38F3N3O4S. The maximum atomic E-state index is 13.5. The molecule has 1 saturated heterocycles. The van der Waals surface area contributed by atoms with Gasteiger partial charge < -0.3 is 15.0 Å². The topological polar surface area (TPSA) is 79.0 Å². The minimum absolute atomic E-state index is 0.0296. The lowest BCUT2D eigenvalue weighted by molar-refractivity contribution is -0.138. The third kappa shape index (κ3) is 7.52. The number of halogens is 3. The second-order valence-electron chi connectivity index (χ2n) is 10.5. The number of amides is 1. The van der Waals surface area contributed by atoms with E-state index in [0.29, 0.717) is 38.5 Å². The predicted octanol–water partition coefficient (Wildman–Crippen LogP) is 4.92. The molecule has 0 aromatic heterocycles. The number of nitrogens with one attached hydrogen (secondary N) is 1. The molecule has 0 bridgehead atoms. The van der Waals surface area contributed by atoms with Gasteiger partial charge in [0.15, 0.2) is 0 Å². The molecule has 0 spiro atoms. The predicted molar refractivity (Wildman–Crippen MR) is 144 cm³/mol. The third-order valence-electron chi connectivity index (χ3n) is 7.00. The van der Waals surface area contributed by atoms with Gasteiger partial charge in [0.1, 0.15) is 5.75 Å². The van der Waals surface area contributed by atoms with Gasteiger partial charge in [-0.05, 0) is 68.5 Å². The lowest BCUT2D eigenvalue weighted by Gasteiger charge is -2.41. The van der Waals surface area contributed by atoms with E-state index in [0.717, 1.165) is 23.4 Å². The number of likely N-dealkylation sites (tertiary alicyclic amines) is 1. The van der Waals surface area contributed by atoms with Crippen LogP contribution in [0.4, 0.5) is 13.2 Å². The Morgan fingerprint density at radius 1 is 1.08 bits per heavy atom. The highest BCUT2D eigenvalue weighted by Gasteiger charge is 2.39. The van der Waals surface area contributed by atoms with Crippen LogP contribution in [0.2, 0.25) is 0 Å². The summed E-state index contributed by atoms with van der Waals surface area (Å²) in [7, 11) is -2.58.